The predicted octanol–water partition coefficient (Wildman–Crippen LogP) is 1.80. The van der Waals surface area contributed by atoms with E-state index in [-0.39, 0.29) is 11.2 Å². The Balaban J connectivity index is 2.08. The molecule has 104 valence electrons. The summed E-state index contributed by atoms with van der Waals surface area (Å²) in [5, 5.41) is 3.38. The summed E-state index contributed by atoms with van der Waals surface area (Å²) in [6.07, 6.45) is 6.00. The monoisotopic (exact) mass is 261 g/mol. The van der Waals surface area contributed by atoms with Gasteiger partial charge in [0.15, 0.2) is 0 Å². The van der Waals surface area contributed by atoms with Crippen molar-refractivity contribution in [3.8, 4) is 0 Å². The summed E-state index contributed by atoms with van der Waals surface area (Å²) in [5.74, 6) is 0.660. The third-order valence-electron chi connectivity index (χ3n) is 4.33. The van der Waals surface area contributed by atoms with Crippen LogP contribution in [0.15, 0.2) is 18.5 Å². The first-order valence-electron chi connectivity index (χ1n) is 6.94. The number of carbonyl (C=O) groups is 1. The second-order valence-electron chi connectivity index (χ2n) is 5.94. The fraction of sp³-hybridized carbons (Fsp3) is 0.600. The average molecular weight is 261 g/mol. The molecule has 0 saturated carbocycles. The second kappa shape index (κ2) is 5.70. The number of ketones is 1. The van der Waals surface area contributed by atoms with Gasteiger partial charge in [-0.25, -0.2) is 0 Å². The number of Topliss-reactive ketones (excluding diaryl/α,β-unsaturated/α-hetero) is 1. The quantitative estimate of drug-likeness (QED) is 0.867. The first-order chi connectivity index (χ1) is 9.01. The number of carbonyl (C=O) groups excluding carboxylic acids is 1. The van der Waals surface area contributed by atoms with Crippen LogP contribution in [0.25, 0.3) is 0 Å². The molecule has 0 aromatic carbocycles. The van der Waals surface area contributed by atoms with E-state index in [4.69, 9.17) is 5.73 Å². The maximum atomic E-state index is 12.6. The maximum Gasteiger partial charge on any atom is 0.143 e. The van der Waals surface area contributed by atoms with E-state index in [1.807, 2.05) is 0 Å². The Labute approximate surface area is 114 Å². The van der Waals surface area contributed by atoms with Gasteiger partial charge >= 0.3 is 0 Å². The number of rotatable bonds is 4. The van der Waals surface area contributed by atoms with Crippen LogP contribution in [0.5, 0.6) is 0 Å². The molecule has 4 heteroatoms. The lowest BCUT2D eigenvalue weighted by atomic mass is 9.71. The number of hydrogen-bond acceptors (Lipinski definition) is 4. The molecule has 1 aromatic rings. The van der Waals surface area contributed by atoms with Gasteiger partial charge in [-0.1, -0.05) is 13.8 Å². The number of pyridine rings is 1. The van der Waals surface area contributed by atoms with Crippen molar-refractivity contribution in [3.05, 3.63) is 24.0 Å². The number of aromatic nitrogens is 1. The molecule has 0 spiro atoms. The molecule has 1 saturated heterocycles. The first-order valence-corrected chi connectivity index (χ1v) is 6.94. The van der Waals surface area contributed by atoms with E-state index in [2.05, 4.69) is 24.1 Å². The Morgan fingerprint density at radius 3 is 3.00 bits per heavy atom. The summed E-state index contributed by atoms with van der Waals surface area (Å²) in [5.41, 5.74) is 7.07. The van der Waals surface area contributed by atoms with Gasteiger partial charge in [-0.2, -0.15) is 0 Å². The molecule has 2 rings (SSSR count). The van der Waals surface area contributed by atoms with E-state index in [9.17, 15) is 4.79 Å². The van der Waals surface area contributed by atoms with Gasteiger partial charge in [0.2, 0.25) is 0 Å². The summed E-state index contributed by atoms with van der Waals surface area (Å²) in [6, 6.07) is 1.75. The molecule has 1 aromatic heterocycles. The number of piperidine rings is 1. The first kappa shape index (κ1) is 14.0. The van der Waals surface area contributed by atoms with E-state index >= 15 is 0 Å². The number of nitrogens with zero attached hydrogens (tertiary/aromatic N) is 1. The molecule has 1 aliphatic rings. The van der Waals surface area contributed by atoms with Crippen LogP contribution >= 0.6 is 0 Å². The molecule has 19 heavy (non-hydrogen) atoms. The lowest BCUT2D eigenvalue weighted by Gasteiger charge is -2.36. The van der Waals surface area contributed by atoms with Crippen LogP contribution in [0, 0.1) is 11.3 Å². The number of hydrogen-bond donors (Lipinski definition) is 2. The van der Waals surface area contributed by atoms with Gasteiger partial charge in [0.1, 0.15) is 5.78 Å². The van der Waals surface area contributed by atoms with E-state index in [0.717, 1.165) is 31.5 Å². The molecule has 3 N–H and O–H groups in total. The highest BCUT2D eigenvalue weighted by Crippen LogP contribution is 2.34. The van der Waals surface area contributed by atoms with Gasteiger partial charge in [0, 0.05) is 35.5 Å². The number of anilines is 1. The summed E-state index contributed by atoms with van der Waals surface area (Å²) >= 11 is 0. The molecular weight excluding hydrogens is 238 g/mol. The van der Waals surface area contributed by atoms with E-state index < -0.39 is 0 Å². The molecule has 4 nitrogen and oxygen atoms in total. The van der Waals surface area contributed by atoms with Crippen molar-refractivity contribution in [2.45, 2.75) is 33.1 Å². The molecule has 1 atom stereocenters. The topological polar surface area (TPSA) is 68.0 Å². The van der Waals surface area contributed by atoms with Crippen molar-refractivity contribution < 1.29 is 4.79 Å². The van der Waals surface area contributed by atoms with Crippen molar-refractivity contribution >= 4 is 11.5 Å². The molecule has 0 bridgehead atoms. The van der Waals surface area contributed by atoms with Gasteiger partial charge in [0.25, 0.3) is 0 Å². The molecule has 0 aliphatic carbocycles. The van der Waals surface area contributed by atoms with Crippen molar-refractivity contribution in [1.29, 1.82) is 0 Å². The van der Waals surface area contributed by atoms with E-state index in [1.165, 1.54) is 0 Å². The standard InChI is InChI=1S/C15H23N3O/c1-15(2,12-4-3-6-17-10-12)14(19)8-11-9-18-7-5-13(11)16/h5,7,9,12,17H,3-4,6,8,10H2,1-2H3,(H2,16,18). The van der Waals surface area contributed by atoms with Crippen molar-refractivity contribution in [2.24, 2.45) is 11.3 Å². The third kappa shape index (κ3) is 3.13. The summed E-state index contributed by atoms with van der Waals surface area (Å²) in [6.45, 7) is 6.11. The number of nitrogens with two attached hydrogens (primary N) is 1. The van der Waals surface area contributed by atoms with Gasteiger partial charge in [-0.05, 0) is 37.9 Å². The van der Waals surface area contributed by atoms with Gasteiger partial charge in [-0.15, -0.1) is 0 Å². The summed E-state index contributed by atoms with van der Waals surface area (Å²) in [4.78, 5) is 16.6. The zero-order chi connectivity index (χ0) is 13.9. The van der Waals surface area contributed by atoms with Crippen LogP contribution in [-0.2, 0) is 11.2 Å². The van der Waals surface area contributed by atoms with E-state index in [0.29, 0.717) is 18.0 Å². The largest absolute Gasteiger partial charge is 0.398 e. The lowest BCUT2D eigenvalue weighted by molar-refractivity contribution is -0.129. The van der Waals surface area contributed by atoms with Crippen LogP contribution in [0.1, 0.15) is 32.3 Å². The number of nitrogen functional groups attached to an aromatic ring is 1. The van der Waals surface area contributed by atoms with Gasteiger partial charge < -0.3 is 11.1 Å². The second-order valence-corrected chi connectivity index (χ2v) is 5.94. The molecule has 0 amide bonds. The molecular formula is C15H23N3O. The highest BCUT2D eigenvalue weighted by atomic mass is 16.1. The summed E-state index contributed by atoms with van der Waals surface area (Å²) in [7, 11) is 0. The summed E-state index contributed by atoms with van der Waals surface area (Å²) < 4.78 is 0. The minimum absolute atomic E-state index is 0.251. The molecule has 2 heterocycles. The highest BCUT2D eigenvalue weighted by molar-refractivity contribution is 5.87. The average Bonchev–Trinajstić information content (AvgIpc) is 2.42. The maximum absolute atomic E-state index is 12.6. The fourth-order valence-electron chi connectivity index (χ4n) is 2.68. The molecule has 0 radical (unpaired) electrons. The SMILES string of the molecule is CC(C)(C(=O)Cc1cnccc1N)C1CCCNC1. The molecule has 1 aliphatic heterocycles. The van der Waals surface area contributed by atoms with Gasteiger partial charge in [-0.3, -0.25) is 9.78 Å². The molecule has 1 fully saturated rings. The van der Waals surface area contributed by atoms with Crippen molar-refractivity contribution in [3.63, 3.8) is 0 Å². The van der Waals surface area contributed by atoms with Crippen LogP contribution in [0.4, 0.5) is 5.69 Å². The highest BCUT2D eigenvalue weighted by Gasteiger charge is 2.36. The van der Waals surface area contributed by atoms with Crippen molar-refractivity contribution in [1.82, 2.24) is 10.3 Å². The predicted molar refractivity (Wildman–Crippen MR) is 76.7 cm³/mol. The van der Waals surface area contributed by atoms with Crippen LogP contribution in [-0.4, -0.2) is 23.9 Å². The van der Waals surface area contributed by atoms with Gasteiger partial charge in [0.05, 0.1) is 0 Å². The zero-order valence-electron chi connectivity index (χ0n) is 11.8. The Bertz CT molecular complexity index is 450. The minimum atomic E-state index is -0.310. The minimum Gasteiger partial charge on any atom is -0.398 e. The number of nitrogens with one attached hydrogen (secondary N) is 1. The van der Waals surface area contributed by atoms with Crippen LogP contribution in [0.2, 0.25) is 0 Å². The molecule has 1 unspecified atom stereocenters. The fourth-order valence-corrected chi connectivity index (χ4v) is 2.68. The van der Waals surface area contributed by atoms with Crippen molar-refractivity contribution in [2.75, 3.05) is 18.8 Å². The Kier molecular flexibility index (Phi) is 4.20. The van der Waals surface area contributed by atoms with E-state index in [1.54, 1.807) is 18.5 Å². The zero-order valence-corrected chi connectivity index (χ0v) is 11.8. The Hall–Kier alpha value is -1.42. The third-order valence-corrected chi connectivity index (χ3v) is 4.33. The Morgan fingerprint density at radius 2 is 2.37 bits per heavy atom. The Morgan fingerprint density at radius 1 is 1.58 bits per heavy atom. The van der Waals surface area contributed by atoms with Crippen LogP contribution < -0.4 is 11.1 Å². The smallest absolute Gasteiger partial charge is 0.143 e. The normalized spacial score (nSPS) is 20.2. The van der Waals surface area contributed by atoms with Crippen LogP contribution in [0.3, 0.4) is 0 Å². The lowest BCUT2D eigenvalue weighted by Crippen LogP contribution is -2.43.